The van der Waals surface area contributed by atoms with Crippen molar-refractivity contribution in [2.75, 3.05) is 6.54 Å². The molecule has 0 bridgehead atoms. The molecule has 5 nitrogen and oxygen atoms in total. The van der Waals surface area contributed by atoms with E-state index in [1.165, 1.54) is 11.3 Å². The Balaban J connectivity index is 1.89. The number of benzene rings is 1. The van der Waals surface area contributed by atoms with E-state index in [1.807, 2.05) is 37.3 Å². The van der Waals surface area contributed by atoms with Crippen LogP contribution in [0.2, 0.25) is 0 Å². The molecular formula is C18H21N3O2S. The van der Waals surface area contributed by atoms with Gasteiger partial charge in [-0.3, -0.25) is 9.59 Å². The van der Waals surface area contributed by atoms with Gasteiger partial charge in [0, 0.05) is 11.6 Å². The molecular weight excluding hydrogens is 322 g/mol. The number of carbonyl (C=O) groups is 2. The first-order chi connectivity index (χ1) is 11.6. The summed E-state index contributed by atoms with van der Waals surface area (Å²) in [5.74, 6) is -0.599. The number of thiazole rings is 1. The average Bonchev–Trinajstić information content (AvgIpc) is 3.22. The average molecular weight is 343 g/mol. The van der Waals surface area contributed by atoms with Gasteiger partial charge in [0.05, 0.1) is 12.2 Å². The van der Waals surface area contributed by atoms with E-state index in [0.717, 1.165) is 36.3 Å². The summed E-state index contributed by atoms with van der Waals surface area (Å²) in [4.78, 5) is 31.2. The number of nitrogens with two attached hydrogens (primary N) is 1. The summed E-state index contributed by atoms with van der Waals surface area (Å²) in [5.41, 5.74) is 7.06. The van der Waals surface area contributed by atoms with Crippen molar-refractivity contribution in [3.63, 3.8) is 0 Å². The molecule has 126 valence electrons. The summed E-state index contributed by atoms with van der Waals surface area (Å²) < 4.78 is 0. The van der Waals surface area contributed by atoms with Crippen LogP contribution in [0, 0.1) is 6.92 Å². The third-order valence-corrected chi connectivity index (χ3v) is 5.56. The lowest BCUT2D eigenvalue weighted by Crippen LogP contribution is -2.44. The highest BCUT2D eigenvalue weighted by molar-refractivity contribution is 7.17. The van der Waals surface area contributed by atoms with Crippen LogP contribution in [-0.4, -0.2) is 34.3 Å². The van der Waals surface area contributed by atoms with Crippen LogP contribution in [-0.2, 0) is 4.79 Å². The van der Waals surface area contributed by atoms with E-state index in [-0.39, 0.29) is 18.5 Å². The molecule has 1 fully saturated rings. The maximum Gasteiger partial charge on any atom is 0.266 e. The second-order valence-electron chi connectivity index (χ2n) is 6.14. The highest BCUT2D eigenvalue weighted by Crippen LogP contribution is 2.31. The molecule has 1 heterocycles. The Hall–Kier alpha value is -2.21. The van der Waals surface area contributed by atoms with Gasteiger partial charge < -0.3 is 10.6 Å². The number of rotatable bonds is 5. The highest BCUT2D eigenvalue weighted by Gasteiger charge is 2.30. The molecule has 2 amide bonds. The molecule has 0 unspecified atom stereocenters. The molecule has 24 heavy (non-hydrogen) atoms. The zero-order valence-corrected chi connectivity index (χ0v) is 14.5. The number of aromatic nitrogens is 1. The van der Waals surface area contributed by atoms with Gasteiger partial charge in [-0.2, -0.15) is 0 Å². The predicted octanol–water partition coefficient (Wildman–Crippen LogP) is 2.99. The van der Waals surface area contributed by atoms with Gasteiger partial charge in [0.25, 0.3) is 5.91 Å². The molecule has 1 aliphatic carbocycles. The van der Waals surface area contributed by atoms with E-state index in [1.54, 1.807) is 4.90 Å². The minimum Gasteiger partial charge on any atom is -0.368 e. The SMILES string of the molecule is Cc1nc(-c2ccccc2)sc1C(=O)N(CC(N)=O)C1CCCC1. The summed E-state index contributed by atoms with van der Waals surface area (Å²) >= 11 is 1.38. The molecule has 0 radical (unpaired) electrons. The Morgan fingerprint density at radius 3 is 2.54 bits per heavy atom. The van der Waals surface area contributed by atoms with Gasteiger partial charge >= 0.3 is 0 Å². The summed E-state index contributed by atoms with van der Waals surface area (Å²) in [6.07, 6.45) is 4.04. The van der Waals surface area contributed by atoms with E-state index in [9.17, 15) is 9.59 Å². The fraction of sp³-hybridized carbons (Fsp3) is 0.389. The molecule has 6 heteroatoms. The molecule has 0 aliphatic heterocycles. The van der Waals surface area contributed by atoms with E-state index in [0.29, 0.717) is 10.6 Å². The second-order valence-corrected chi connectivity index (χ2v) is 7.14. The Labute approximate surface area is 145 Å². The minimum absolute atomic E-state index is 0.0263. The van der Waals surface area contributed by atoms with Gasteiger partial charge in [-0.25, -0.2) is 4.98 Å². The lowest BCUT2D eigenvalue weighted by atomic mass is 10.2. The standard InChI is InChI=1S/C18H21N3O2S/c1-12-16(24-17(20-12)13-7-3-2-4-8-13)18(23)21(11-15(19)22)14-9-5-6-10-14/h2-4,7-8,14H,5-6,9-11H2,1H3,(H2,19,22). The number of hydrogen-bond acceptors (Lipinski definition) is 4. The molecule has 0 saturated heterocycles. The molecule has 3 rings (SSSR count). The fourth-order valence-corrected chi connectivity index (χ4v) is 4.21. The lowest BCUT2D eigenvalue weighted by molar-refractivity contribution is -0.119. The van der Waals surface area contributed by atoms with Crippen LogP contribution in [0.1, 0.15) is 41.0 Å². The Morgan fingerprint density at radius 1 is 1.25 bits per heavy atom. The van der Waals surface area contributed by atoms with Crippen LogP contribution >= 0.6 is 11.3 Å². The third-order valence-electron chi connectivity index (χ3n) is 4.36. The highest BCUT2D eigenvalue weighted by atomic mass is 32.1. The summed E-state index contributed by atoms with van der Waals surface area (Å²) in [6, 6.07) is 9.91. The number of primary amides is 1. The van der Waals surface area contributed by atoms with Gasteiger partial charge in [-0.1, -0.05) is 43.2 Å². The topological polar surface area (TPSA) is 76.3 Å². The molecule has 2 aromatic rings. The van der Waals surface area contributed by atoms with Crippen LogP contribution in [0.3, 0.4) is 0 Å². The van der Waals surface area contributed by atoms with Crippen LogP contribution in [0.25, 0.3) is 10.6 Å². The van der Waals surface area contributed by atoms with Crippen molar-refractivity contribution in [2.24, 2.45) is 5.73 Å². The van der Waals surface area contributed by atoms with Crippen molar-refractivity contribution >= 4 is 23.2 Å². The lowest BCUT2D eigenvalue weighted by Gasteiger charge is -2.27. The van der Waals surface area contributed by atoms with Crippen molar-refractivity contribution in [1.82, 2.24) is 9.88 Å². The van der Waals surface area contributed by atoms with Gasteiger partial charge in [0.15, 0.2) is 0 Å². The molecule has 2 N–H and O–H groups in total. The number of hydrogen-bond donors (Lipinski definition) is 1. The minimum atomic E-state index is -0.472. The zero-order valence-electron chi connectivity index (χ0n) is 13.7. The first-order valence-corrected chi connectivity index (χ1v) is 9.00. The monoisotopic (exact) mass is 343 g/mol. The van der Waals surface area contributed by atoms with Crippen LogP contribution in [0.5, 0.6) is 0 Å². The van der Waals surface area contributed by atoms with Crippen LogP contribution < -0.4 is 5.73 Å². The summed E-state index contributed by atoms with van der Waals surface area (Å²) in [6.45, 7) is 1.81. The van der Waals surface area contributed by atoms with Crippen molar-refractivity contribution in [1.29, 1.82) is 0 Å². The van der Waals surface area contributed by atoms with Crippen LogP contribution in [0.4, 0.5) is 0 Å². The van der Waals surface area contributed by atoms with E-state index in [4.69, 9.17) is 5.73 Å². The van der Waals surface area contributed by atoms with Gasteiger partial charge in [0.1, 0.15) is 9.88 Å². The summed E-state index contributed by atoms with van der Waals surface area (Å²) in [5, 5.41) is 0.821. The molecule has 1 aliphatic rings. The fourth-order valence-electron chi connectivity index (χ4n) is 3.18. The molecule has 1 aromatic carbocycles. The normalized spacial score (nSPS) is 14.7. The van der Waals surface area contributed by atoms with Gasteiger partial charge in [0.2, 0.25) is 5.91 Å². The number of aryl methyl sites for hydroxylation is 1. The number of nitrogens with zero attached hydrogens (tertiary/aromatic N) is 2. The van der Waals surface area contributed by atoms with Crippen molar-refractivity contribution < 1.29 is 9.59 Å². The third kappa shape index (κ3) is 3.48. The summed E-state index contributed by atoms with van der Waals surface area (Å²) in [7, 11) is 0. The largest absolute Gasteiger partial charge is 0.368 e. The number of amides is 2. The molecule has 1 aromatic heterocycles. The first kappa shape index (κ1) is 16.6. The molecule has 0 atom stereocenters. The van der Waals surface area contributed by atoms with Crippen LogP contribution in [0.15, 0.2) is 30.3 Å². The molecule has 1 saturated carbocycles. The van der Waals surface area contributed by atoms with E-state index in [2.05, 4.69) is 4.98 Å². The Morgan fingerprint density at radius 2 is 1.92 bits per heavy atom. The number of carbonyl (C=O) groups excluding carboxylic acids is 2. The van der Waals surface area contributed by atoms with Gasteiger partial charge in [-0.05, 0) is 19.8 Å². The van der Waals surface area contributed by atoms with Crippen molar-refractivity contribution in [2.45, 2.75) is 38.6 Å². The van der Waals surface area contributed by atoms with Crippen molar-refractivity contribution in [3.05, 3.63) is 40.9 Å². The first-order valence-electron chi connectivity index (χ1n) is 8.18. The maximum atomic E-state index is 13.0. The molecule has 0 spiro atoms. The van der Waals surface area contributed by atoms with E-state index < -0.39 is 5.91 Å². The van der Waals surface area contributed by atoms with E-state index >= 15 is 0 Å². The zero-order chi connectivity index (χ0) is 17.1. The Kier molecular flexibility index (Phi) is 4.94. The smallest absolute Gasteiger partial charge is 0.266 e. The maximum absolute atomic E-state index is 13.0. The quantitative estimate of drug-likeness (QED) is 0.907. The van der Waals surface area contributed by atoms with Crippen molar-refractivity contribution in [3.8, 4) is 10.6 Å². The second kappa shape index (κ2) is 7.13. The Bertz CT molecular complexity index is 736. The predicted molar refractivity (Wildman–Crippen MR) is 94.8 cm³/mol. The van der Waals surface area contributed by atoms with Gasteiger partial charge in [-0.15, -0.1) is 11.3 Å².